The zero-order valence-corrected chi connectivity index (χ0v) is 24.4. The number of pyridine rings is 1. The Morgan fingerprint density at radius 2 is 1.33 bits per heavy atom. The molecule has 0 spiro atoms. The molecule has 1 saturated heterocycles. The van der Waals surface area contributed by atoms with Gasteiger partial charge in [-0.2, -0.15) is 39.5 Å². The van der Waals surface area contributed by atoms with Gasteiger partial charge in [0, 0.05) is 18.1 Å². The number of carbonyl (C=O) groups excluding carboxylic acids is 2. The number of rotatable bonds is 5. The molecule has 2 atom stereocenters. The number of urea groups is 1. The molecule has 4 rings (SSSR count). The van der Waals surface area contributed by atoms with Gasteiger partial charge in [-0.1, -0.05) is 18.2 Å². The van der Waals surface area contributed by atoms with Gasteiger partial charge >= 0.3 is 35.8 Å². The van der Waals surface area contributed by atoms with Crippen molar-refractivity contribution in [2.24, 2.45) is 0 Å². The zero-order valence-electron chi connectivity index (χ0n) is 23.6. The summed E-state index contributed by atoms with van der Waals surface area (Å²) in [6.07, 6.45) is -9.87. The predicted octanol–water partition coefficient (Wildman–Crippen LogP) is 4.51. The number of nitrogens with zero attached hydrogens (tertiary/aromatic N) is 3. The van der Waals surface area contributed by atoms with E-state index in [0.29, 0.717) is 28.1 Å². The lowest BCUT2D eigenvalue weighted by atomic mass is 10.1. The number of aliphatic hydroxyl groups excluding tert-OH is 1. The molecule has 0 saturated carbocycles. The first-order valence-electron chi connectivity index (χ1n) is 12.5. The Bertz CT molecular complexity index is 1750. The predicted molar refractivity (Wildman–Crippen MR) is 143 cm³/mol. The molecule has 1 fully saturated rings. The number of hydrogen-bond acceptors (Lipinski definition) is 8. The van der Waals surface area contributed by atoms with Crippen LogP contribution in [0.5, 0.6) is 0 Å². The van der Waals surface area contributed by atoms with E-state index in [0.717, 1.165) is 22.4 Å². The number of carboxylic acids is 2. The third-order valence-electron chi connectivity index (χ3n) is 5.98. The number of sulfone groups is 1. The van der Waals surface area contributed by atoms with Gasteiger partial charge in [-0.3, -0.25) is 9.78 Å². The highest BCUT2D eigenvalue weighted by atomic mass is 32.2. The van der Waals surface area contributed by atoms with Gasteiger partial charge in [-0.25, -0.2) is 27.7 Å². The Balaban J connectivity index is 0.000000479. The van der Waals surface area contributed by atoms with Crippen LogP contribution in [-0.2, 0) is 30.8 Å². The van der Waals surface area contributed by atoms with Crippen LogP contribution in [0.1, 0.15) is 12.5 Å². The smallest absolute Gasteiger partial charge is 0.475 e. The standard InChI is InChI=1S/C22H18F3N3O5S.2C2HF3O2/c1-13(29)19-20(30)28(15-6-8-16(9-7-15)34(32,33)22(23,24)25)21(31)27(19)12-14-10-11-26-18-5-3-2-4-17(14)18;2*3-2(4,5)1(6)7/h2-11,13,19,29H,12H2,1H3;2*(H,6,7)/t13?,19-;;/m1../s1. The lowest BCUT2D eigenvalue weighted by molar-refractivity contribution is -0.193. The van der Waals surface area contributed by atoms with E-state index < -0.39 is 68.6 Å². The molecular formula is C26H20F9N3O9S. The number of carbonyl (C=O) groups is 4. The van der Waals surface area contributed by atoms with Crippen LogP contribution in [0, 0.1) is 0 Å². The second kappa shape index (κ2) is 14.4. The molecule has 2 aromatic carbocycles. The minimum atomic E-state index is -5.58. The average molecular weight is 722 g/mol. The fraction of sp³-hybridized carbons (Fsp3) is 0.269. The van der Waals surface area contributed by atoms with Gasteiger partial charge in [-0.15, -0.1) is 0 Å². The molecule has 1 aliphatic heterocycles. The number of alkyl halides is 9. The van der Waals surface area contributed by atoms with Crippen LogP contribution in [0.3, 0.4) is 0 Å². The van der Waals surface area contributed by atoms with Gasteiger partial charge in [0.05, 0.1) is 22.2 Å². The molecular weight excluding hydrogens is 701 g/mol. The van der Waals surface area contributed by atoms with Crippen LogP contribution in [-0.4, -0.2) is 87.5 Å². The van der Waals surface area contributed by atoms with Crippen LogP contribution < -0.4 is 4.90 Å². The molecule has 1 aliphatic rings. The SMILES string of the molecule is CC(O)[C@@H]1C(=O)N(c2ccc(S(=O)(=O)C(F)(F)F)cc2)C(=O)N1Cc1ccnc2ccccc12.O=C(O)C(F)(F)F.O=C(O)C(F)(F)F. The normalized spacial score (nSPS) is 16.1. The summed E-state index contributed by atoms with van der Waals surface area (Å²) < 4.78 is 125. The maximum atomic E-state index is 13.2. The molecule has 48 heavy (non-hydrogen) atoms. The largest absolute Gasteiger partial charge is 0.501 e. The second-order valence-corrected chi connectivity index (χ2v) is 11.2. The summed E-state index contributed by atoms with van der Waals surface area (Å²) in [7, 11) is -5.58. The summed E-state index contributed by atoms with van der Waals surface area (Å²) >= 11 is 0. The molecule has 22 heteroatoms. The number of fused-ring (bicyclic) bond motifs is 1. The molecule has 1 unspecified atom stereocenters. The number of aromatic nitrogens is 1. The number of para-hydroxylation sites is 1. The van der Waals surface area contributed by atoms with Crippen LogP contribution in [0.25, 0.3) is 10.9 Å². The van der Waals surface area contributed by atoms with Crippen molar-refractivity contribution in [3.05, 3.63) is 66.4 Å². The average Bonchev–Trinajstić information content (AvgIpc) is 3.21. The quantitative estimate of drug-likeness (QED) is 0.250. The third-order valence-corrected chi connectivity index (χ3v) is 7.48. The first-order valence-corrected chi connectivity index (χ1v) is 14.0. The lowest BCUT2D eigenvalue weighted by Gasteiger charge is -2.24. The molecule has 0 aliphatic carbocycles. The number of halogens is 9. The number of benzene rings is 2. The topological polar surface area (TPSA) is 182 Å². The summed E-state index contributed by atoms with van der Waals surface area (Å²) in [5.41, 5.74) is -4.27. The minimum absolute atomic E-state index is 0.0415. The Morgan fingerprint density at radius 3 is 1.77 bits per heavy atom. The van der Waals surface area contributed by atoms with Crippen molar-refractivity contribution in [2.75, 3.05) is 4.90 Å². The van der Waals surface area contributed by atoms with Gasteiger partial charge in [-0.05, 0) is 48.9 Å². The molecule has 1 aromatic heterocycles. The Labute approximate surface area is 262 Å². The van der Waals surface area contributed by atoms with Crippen molar-refractivity contribution >= 4 is 50.3 Å². The summed E-state index contributed by atoms with van der Waals surface area (Å²) in [4.78, 5) is 49.2. The number of carboxylic acid groups (broad SMARTS) is 2. The highest BCUT2D eigenvalue weighted by molar-refractivity contribution is 7.92. The first kappa shape index (κ1) is 39.2. The van der Waals surface area contributed by atoms with Gasteiger partial charge in [0.15, 0.2) is 0 Å². The second-order valence-electron chi connectivity index (χ2n) is 9.31. The van der Waals surface area contributed by atoms with Gasteiger partial charge < -0.3 is 20.2 Å². The van der Waals surface area contributed by atoms with Crippen LogP contribution in [0.4, 0.5) is 50.0 Å². The molecule has 0 radical (unpaired) electrons. The molecule has 3 aromatic rings. The monoisotopic (exact) mass is 721 g/mol. The van der Waals surface area contributed by atoms with Gasteiger partial charge in [0.25, 0.3) is 15.7 Å². The maximum absolute atomic E-state index is 13.2. The Kier molecular flexibility index (Phi) is 11.8. The summed E-state index contributed by atoms with van der Waals surface area (Å²) in [6.45, 7) is 1.30. The van der Waals surface area contributed by atoms with Crippen molar-refractivity contribution in [3.8, 4) is 0 Å². The maximum Gasteiger partial charge on any atom is 0.501 e. The van der Waals surface area contributed by atoms with Crippen LogP contribution in [0.2, 0.25) is 0 Å². The third kappa shape index (κ3) is 9.08. The molecule has 12 nitrogen and oxygen atoms in total. The van der Waals surface area contributed by atoms with Crippen molar-refractivity contribution in [3.63, 3.8) is 0 Å². The molecule has 262 valence electrons. The van der Waals surface area contributed by atoms with Crippen LogP contribution in [0.15, 0.2) is 65.7 Å². The number of imide groups is 1. The zero-order chi connectivity index (χ0) is 37.0. The van der Waals surface area contributed by atoms with E-state index in [1.807, 2.05) is 0 Å². The molecule has 3 N–H and O–H groups in total. The van der Waals surface area contributed by atoms with Crippen molar-refractivity contribution in [2.45, 2.75) is 48.4 Å². The van der Waals surface area contributed by atoms with Gasteiger partial charge in [0.2, 0.25) is 0 Å². The molecule has 2 heterocycles. The van der Waals surface area contributed by atoms with E-state index in [1.165, 1.54) is 6.92 Å². The van der Waals surface area contributed by atoms with E-state index in [1.54, 1.807) is 36.5 Å². The lowest BCUT2D eigenvalue weighted by Crippen LogP contribution is -2.42. The Hall–Kier alpha value is -4.99. The van der Waals surface area contributed by atoms with E-state index in [-0.39, 0.29) is 12.2 Å². The van der Waals surface area contributed by atoms with E-state index in [9.17, 15) is 62.6 Å². The fourth-order valence-electron chi connectivity index (χ4n) is 3.86. The van der Waals surface area contributed by atoms with Gasteiger partial charge in [0.1, 0.15) is 6.04 Å². The molecule has 0 bridgehead atoms. The van der Waals surface area contributed by atoms with Crippen molar-refractivity contribution < 1.29 is 82.4 Å². The Morgan fingerprint density at radius 1 is 0.854 bits per heavy atom. The van der Waals surface area contributed by atoms with E-state index in [4.69, 9.17) is 19.8 Å². The number of hydrogen-bond donors (Lipinski definition) is 3. The highest BCUT2D eigenvalue weighted by Gasteiger charge is 2.49. The number of anilines is 1. The van der Waals surface area contributed by atoms with Crippen molar-refractivity contribution in [1.29, 1.82) is 0 Å². The van der Waals surface area contributed by atoms with E-state index in [2.05, 4.69) is 4.98 Å². The highest BCUT2D eigenvalue weighted by Crippen LogP contribution is 2.34. The number of aliphatic hydroxyl groups is 1. The number of aliphatic carboxylic acids is 2. The number of amides is 3. The molecule has 3 amide bonds. The summed E-state index contributed by atoms with van der Waals surface area (Å²) in [6, 6.07) is 10.0. The summed E-state index contributed by atoms with van der Waals surface area (Å²) in [5.74, 6) is -6.30. The van der Waals surface area contributed by atoms with Crippen LogP contribution >= 0.6 is 0 Å². The first-order chi connectivity index (χ1) is 21.8. The minimum Gasteiger partial charge on any atom is -0.475 e. The fourth-order valence-corrected chi connectivity index (χ4v) is 4.62. The van der Waals surface area contributed by atoms with E-state index >= 15 is 0 Å². The summed E-state index contributed by atoms with van der Waals surface area (Å²) in [5, 5.41) is 25.2. The van der Waals surface area contributed by atoms with Crippen molar-refractivity contribution in [1.82, 2.24) is 9.88 Å².